The number of hydrogen-bond acceptors (Lipinski definition) is 3. The van der Waals surface area contributed by atoms with Gasteiger partial charge in [0.15, 0.2) is 0 Å². The Kier molecular flexibility index (Phi) is 4.13. The number of phenols is 1. The number of phenolic OH excluding ortho intramolecular Hbond substituents is 1. The topological polar surface area (TPSA) is 32.6 Å². The van der Waals surface area contributed by atoms with Gasteiger partial charge in [-0.05, 0) is 41.1 Å². The monoisotopic (exact) mass is 313 g/mol. The van der Waals surface area contributed by atoms with Gasteiger partial charge in [-0.3, -0.25) is 0 Å². The highest BCUT2D eigenvalue weighted by molar-refractivity contribution is 7.98. The van der Waals surface area contributed by atoms with Crippen LogP contribution in [0.15, 0.2) is 70.0 Å². The van der Waals surface area contributed by atoms with Crippen molar-refractivity contribution in [3.05, 3.63) is 71.2 Å². The first-order chi connectivity index (χ1) is 10.2. The Balaban J connectivity index is 1.89. The molecule has 4 heteroatoms. The third kappa shape index (κ3) is 3.20. The van der Waals surface area contributed by atoms with Gasteiger partial charge < -0.3 is 5.11 Å². The number of fused-ring (bicyclic) bond motifs is 1. The van der Waals surface area contributed by atoms with Crippen LogP contribution < -0.4 is 0 Å². The van der Waals surface area contributed by atoms with Crippen LogP contribution in [0.25, 0.3) is 10.8 Å². The predicted molar refractivity (Wildman–Crippen MR) is 90.5 cm³/mol. The standard InChI is InChI=1S/C17H12ClNOS/c18-13-6-8-14(9-7-13)21-19-11-16-15-4-2-1-3-12(15)5-10-17(16)20/h1-11,20H/b19-11-. The van der Waals surface area contributed by atoms with Gasteiger partial charge in [0.1, 0.15) is 5.75 Å². The third-order valence-electron chi connectivity index (χ3n) is 3.10. The minimum atomic E-state index is 0.231. The molecule has 0 saturated heterocycles. The van der Waals surface area contributed by atoms with E-state index >= 15 is 0 Å². The van der Waals surface area contributed by atoms with Gasteiger partial charge in [0, 0.05) is 33.6 Å². The second kappa shape index (κ2) is 6.20. The lowest BCUT2D eigenvalue weighted by Gasteiger charge is -2.04. The number of aromatic hydroxyl groups is 1. The first kappa shape index (κ1) is 14.0. The molecule has 3 aromatic carbocycles. The molecular weight excluding hydrogens is 302 g/mol. The van der Waals surface area contributed by atoms with E-state index in [2.05, 4.69) is 4.40 Å². The van der Waals surface area contributed by atoms with Crippen LogP contribution in [0.2, 0.25) is 5.02 Å². The van der Waals surface area contributed by atoms with Crippen LogP contribution in [0.3, 0.4) is 0 Å². The molecular formula is C17H12ClNOS. The maximum absolute atomic E-state index is 10.0. The number of benzene rings is 3. The zero-order valence-electron chi connectivity index (χ0n) is 11.0. The van der Waals surface area contributed by atoms with Crippen LogP contribution in [0.1, 0.15) is 5.56 Å². The molecule has 1 N–H and O–H groups in total. The maximum Gasteiger partial charge on any atom is 0.125 e. The first-order valence-corrected chi connectivity index (χ1v) is 7.56. The van der Waals surface area contributed by atoms with Crippen LogP contribution >= 0.6 is 23.5 Å². The average molecular weight is 314 g/mol. The van der Waals surface area contributed by atoms with Crippen molar-refractivity contribution in [1.82, 2.24) is 0 Å². The van der Waals surface area contributed by atoms with E-state index in [-0.39, 0.29) is 5.75 Å². The molecule has 0 saturated carbocycles. The highest BCUT2D eigenvalue weighted by atomic mass is 35.5. The Morgan fingerprint density at radius 1 is 0.952 bits per heavy atom. The van der Waals surface area contributed by atoms with Gasteiger partial charge in [0.05, 0.1) is 0 Å². The fourth-order valence-corrected chi connectivity index (χ4v) is 2.72. The highest BCUT2D eigenvalue weighted by Crippen LogP contribution is 2.27. The molecule has 0 aliphatic rings. The van der Waals surface area contributed by atoms with Gasteiger partial charge in [-0.2, -0.15) is 0 Å². The van der Waals surface area contributed by atoms with Crippen molar-refractivity contribution in [2.45, 2.75) is 4.90 Å². The molecule has 0 aromatic heterocycles. The number of hydrogen-bond donors (Lipinski definition) is 1. The quantitative estimate of drug-likeness (QED) is 0.524. The third-order valence-corrected chi connectivity index (χ3v) is 4.05. The molecule has 0 fully saturated rings. The molecule has 21 heavy (non-hydrogen) atoms. The Labute approximate surface area is 132 Å². The normalized spacial score (nSPS) is 11.3. The summed E-state index contributed by atoms with van der Waals surface area (Å²) < 4.78 is 4.34. The Hall–Kier alpha value is -1.97. The van der Waals surface area contributed by atoms with Crippen LogP contribution in [0, 0.1) is 0 Å². The minimum Gasteiger partial charge on any atom is -0.507 e. The summed E-state index contributed by atoms with van der Waals surface area (Å²) in [6.45, 7) is 0. The molecule has 3 rings (SSSR count). The Morgan fingerprint density at radius 2 is 1.71 bits per heavy atom. The summed E-state index contributed by atoms with van der Waals surface area (Å²) in [5.41, 5.74) is 0.731. The largest absolute Gasteiger partial charge is 0.507 e. The zero-order chi connectivity index (χ0) is 14.7. The van der Waals surface area contributed by atoms with Gasteiger partial charge in [-0.1, -0.05) is 41.9 Å². The molecule has 0 aliphatic carbocycles. The highest BCUT2D eigenvalue weighted by Gasteiger charge is 2.04. The lowest BCUT2D eigenvalue weighted by molar-refractivity contribution is 0.475. The molecule has 0 spiro atoms. The van der Waals surface area contributed by atoms with E-state index in [9.17, 15) is 5.11 Å². The van der Waals surface area contributed by atoms with Gasteiger partial charge in [0.2, 0.25) is 0 Å². The summed E-state index contributed by atoms with van der Waals surface area (Å²) in [5, 5.41) is 12.8. The van der Waals surface area contributed by atoms with Gasteiger partial charge in [0.25, 0.3) is 0 Å². The predicted octanol–water partition coefficient (Wildman–Crippen LogP) is 5.33. The summed E-state index contributed by atoms with van der Waals surface area (Å²) in [6, 6.07) is 19.0. The smallest absolute Gasteiger partial charge is 0.125 e. The molecule has 0 aliphatic heterocycles. The number of rotatable bonds is 3. The first-order valence-electron chi connectivity index (χ1n) is 6.41. The molecule has 0 heterocycles. The van der Waals surface area contributed by atoms with Crippen LogP contribution in [-0.2, 0) is 0 Å². The zero-order valence-corrected chi connectivity index (χ0v) is 12.6. The molecule has 3 aromatic rings. The van der Waals surface area contributed by atoms with Crippen LogP contribution in [0.5, 0.6) is 5.75 Å². The van der Waals surface area contributed by atoms with Crippen molar-refractivity contribution < 1.29 is 5.11 Å². The molecule has 2 nitrogen and oxygen atoms in total. The van der Waals surface area contributed by atoms with E-state index < -0.39 is 0 Å². The summed E-state index contributed by atoms with van der Waals surface area (Å²) in [5.74, 6) is 0.231. The van der Waals surface area contributed by atoms with Crippen molar-refractivity contribution >= 4 is 40.5 Å². The van der Waals surface area contributed by atoms with Gasteiger partial charge in [-0.15, -0.1) is 0 Å². The second-order valence-electron chi connectivity index (χ2n) is 4.50. The summed E-state index contributed by atoms with van der Waals surface area (Å²) in [7, 11) is 0. The van der Waals surface area contributed by atoms with Crippen molar-refractivity contribution in [1.29, 1.82) is 0 Å². The number of halogens is 1. The van der Waals surface area contributed by atoms with E-state index in [0.29, 0.717) is 5.02 Å². The Morgan fingerprint density at radius 3 is 2.52 bits per heavy atom. The fourth-order valence-electron chi connectivity index (χ4n) is 2.06. The van der Waals surface area contributed by atoms with E-state index in [4.69, 9.17) is 11.6 Å². The Bertz CT molecular complexity index is 799. The number of nitrogens with zero attached hydrogens (tertiary/aromatic N) is 1. The molecule has 104 valence electrons. The van der Waals surface area contributed by atoms with Crippen LogP contribution in [-0.4, -0.2) is 11.3 Å². The fraction of sp³-hybridized carbons (Fsp3) is 0. The van der Waals surface area contributed by atoms with E-state index in [0.717, 1.165) is 21.2 Å². The maximum atomic E-state index is 10.0. The van der Waals surface area contributed by atoms with Crippen LogP contribution in [0.4, 0.5) is 0 Å². The summed E-state index contributed by atoms with van der Waals surface area (Å²) in [6.07, 6.45) is 1.69. The molecule has 0 bridgehead atoms. The SMILES string of the molecule is Oc1ccc2ccccc2c1/C=N\Sc1ccc(Cl)cc1. The van der Waals surface area contributed by atoms with Crippen molar-refractivity contribution in [3.8, 4) is 5.75 Å². The van der Waals surface area contributed by atoms with E-state index in [1.54, 1.807) is 12.3 Å². The van der Waals surface area contributed by atoms with Crippen molar-refractivity contribution in [2.24, 2.45) is 4.40 Å². The molecule has 0 amide bonds. The molecule has 0 unspecified atom stereocenters. The van der Waals surface area contributed by atoms with E-state index in [1.807, 2.05) is 54.6 Å². The van der Waals surface area contributed by atoms with Gasteiger partial charge >= 0.3 is 0 Å². The van der Waals surface area contributed by atoms with Crippen molar-refractivity contribution in [2.75, 3.05) is 0 Å². The summed E-state index contributed by atoms with van der Waals surface area (Å²) in [4.78, 5) is 0.996. The van der Waals surface area contributed by atoms with Gasteiger partial charge in [-0.25, -0.2) is 4.40 Å². The molecule has 0 atom stereocenters. The lowest BCUT2D eigenvalue weighted by atomic mass is 10.0. The second-order valence-corrected chi connectivity index (χ2v) is 5.80. The average Bonchev–Trinajstić information content (AvgIpc) is 2.51. The van der Waals surface area contributed by atoms with Crippen molar-refractivity contribution in [3.63, 3.8) is 0 Å². The minimum absolute atomic E-state index is 0.231. The van der Waals surface area contributed by atoms with E-state index in [1.165, 1.54) is 11.9 Å². The summed E-state index contributed by atoms with van der Waals surface area (Å²) >= 11 is 7.19. The molecule has 0 radical (unpaired) electrons. The lowest BCUT2D eigenvalue weighted by Crippen LogP contribution is -1.85.